The summed E-state index contributed by atoms with van der Waals surface area (Å²) in [6.07, 6.45) is 1.94. The standard InChI is InChI=1S/C12H13BrN2O/c1-9-3-4-12(16-2)11(7-9)15-6-5-10(8-13)14-15/h3-7H,8H2,1-2H3. The van der Waals surface area contributed by atoms with Crippen molar-refractivity contribution < 1.29 is 4.74 Å². The van der Waals surface area contributed by atoms with Crippen molar-refractivity contribution in [2.45, 2.75) is 12.3 Å². The summed E-state index contributed by atoms with van der Waals surface area (Å²) in [5.74, 6) is 0.829. The molecule has 0 fully saturated rings. The molecule has 0 aliphatic heterocycles. The molecular weight excluding hydrogens is 268 g/mol. The van der Waals surface area contributed by atoms with Crippen molar-refractivity contribution in [3.05, 3.63) is 41.7 Å². The minimum atomic E-state index is 0.758. The third-order valence-electron chi connectivity index (χ3n) is 2.36. The zero-order chi connectivity index (χ0) is 11.5. The predicted molar refractivity (Wildman–Crippen MR) is 67.5 cm³/mol. The van der Waals surface area contributed by atoms with Crippen LogP contribution in [-0.2, 0) is 5.33 Å². The number of halogens is 1. The van der Waals surface area contributed by atoms with Crippen molar-refractivity contribution in [1.82, 2.24) is 9.78 Å². The number of alkyl halides is 1. The fourth-order valence-electron chi connectivity index (χ4n) is 1.55. The van der Waals surface area contributed by atoms with Crippen molar-refractivity contribution >= 4 is 15.9 Å². The van der Waals surface area contributed by atoms with Crippen LogP contribution < -0.4 is 4.74 Å². The van der Waals surface area contributed by atoms with Gasteiger partial charge in [0.25, 0.3) is 0 Å². The smallest absolute Gasteiger partial charge is 0.144 e. The Labute approximate surface area is 103 Å². The Hall–Kier alpha value is -1.29. The zero-order valence-electron chi connectivity index (χ0n) is 9.27. The average molecular weight is 281 g/mol. The normalized spacial score (nSPS) is 10.4. The van der Waals surface area contributed by atoms with Gasteiger partial charge in [0.15, 0.2) is 0 Å². The first-order valence-electron chi connectivity index (χ1n) is 5.00. The van der Waals surface area contributed by atoms with Gasteiger partial charge in [-0.1, -0.05) is 22.0 Å². The van der Waals surface area contributed by atoms with E-state index < -0.39 is 0 Å². The van der Waals surface area contributed by atoms with E-state index in [1.165, 1.54) is 5.56 Å². The van der Waals surface area contributed by atoms with E-state index in [9.17, 15) is 0 Å². The van der Waals surface area contributed by atoms with Crippen molar-refractivity contribution in [2.24, 2.45) is 0 Å². The fourth-order valence-corrected chi connectivity index (χ4v) is 1.85. The summed E-state index contributed by atoms with van der Waals surface area (Å²) >= 11 is 3.39. The lowest BCUT2D eigenvalue weighted by molar-refractivity contribution is 0.411. The first-order valence-corrected chi connectivity index (χ1v) is 6.12. The molecule has 3 nitrogen and oxygen atoms in total. The van der Waals surface area contributed by atoms with E-state index in [0.29, 0.717) is 0 Å². The Kier molecular flexibility index (Phi) is 3.29. The van der Waals surface area contributed by atoms with Gasteiger partial charge in [0, 0.05) is 11.5 Å². The summed E-state index contributed by atoms with van der Waals surface area (Å²) in [6, 6.07) is 8.03. The van der Waals surface area contributed by atoms with Crippen LogP contribution in [0.25, 0.3) is 5.69 Å². The third kappa shape index (κ3) is 2.11. The molecule has 0 atom stereocenters. The number of methoxy groups -OCH3 is 1. The number of rotatable bonds is 3. The van der Waals surface area contributed by atoms with Crippen molar-refractivity contribution in [1.29, 1.82) is 0 Å². The van der Waals surface area contributed by atoms with Crippen molar-refractivity contribution in [3.63, 3.8) is 0 Å². The van der Waals surface area contributed by atoms with Crippen molar-refractivity contribution in [3.8, 4) is 11.4 Å². The number of aryl methyl sites for hydroxylation is 1. The van der Waals surface area contributed by atoms with Gasteiger partial charge in [0.1, 0.15) is 11.4 Å². The van der Waals surface area contributed by atoms with Crippen LogP contribution in [0.3, 0.4) is 0 Å². The van der Waals surface area contributed by atoms with Crippen LogP contribution in [0.2, 0.25) is 0 Å². The lowest BCUT2D eigenvalue weighted by atomic mass is 10.2. The summed E-state index contributed by atoms with van der Waals surface area (Å²) in [5.41, 5.74) is 3.16. The van der Waals surface area contributed by atoms with Crippen LogP contribution in [-0.4, -0.2) is 16.9 Å². The van der Waals surface area contributed by atoms with E-state index >= 15 is 0 Å². The molecule has 0 spiro atoms. The summed E-state index contributed by atoms with van der Waals surface area (Å²) < 4.78 is 7.16. The molecule has 0 saturated heterocycles. The monoisotopic (exact) mass is 280 g/mol. The number of nitrogens with zero attached hydrogens (tertiary/aromatic N) is 2. The summed E-state index contributed by atoms with van der Waals surface area (Å²) in [5, 5.41) is 5.20. The second-order valence-corrected chi connectivity index (χ2v) is 4.12. The molecule has 0 saturated carbocycles. The molecule has 1 heterocycles. The maximum Gasteiger partial charge on any atom is 0.144 e. The lowest BCUT2D eigenvalue weighted by Gasteiger charge is -2.09. The molecular formula is C12H13BrN2O. The highest BCUT2D eigenvalue weighted by atomic mass is 79.9. The highest BCUT2D eigenvalue weighted by Gasteiger charge is 2.06. The van der Waals surface area contributed by atoms with E-state index in [1.807, 2.05) is 29.1 Å². The van der Waals surface area contributed by atoms with Crippen LogP contribution in [0.1, 0.15) is 11.3 Å². The van der Waals surface area contributed by atoms with Gasteiger partial charge in [-0.2, -0.15) is 5.10 Å². The van der Waals surface area contributed by atoms with Crippen LogP contribution in [0, 0.1) is 6.92 Å². The minimum absolute atomic E-state index is 0.758. The molecule has 2 aromatic rings. The van der Waals surface area contributed by atoms with Gasteiger partial charge in [-0.05, 0) is 30.7 Å². The van der Waals surface area contributed by atoms with Gasteiger partial charge >= 0.3 is 0 Å². The minimum Gasteiger partial charge on any atom is -0.494 e. The van der Waals surface area contributed by atoms with Gasteiger partial charge in [0.05, 0.1) is 12.8 Å². The number of hydrogen-bond acceptors (Lipinski definition) is 2. The molecule has 0 aliphatic carbocycles. The van der Waals surface area contributed by atoms with Gasteiger partial charge in [-0.25, -0.2) is 4.68 Å². The number of aromatic nitrogens is 2. The zero-order valence-corrected chi connectivity index (χ0v) is 10.9. The van der Waals surface area contributed by atoms with Crippen LogP contribution in [0.5, 0.6) is 5.75 Å². The molecule has 16 heavy (non-hydrogen) atoms. The first kappa shape index (κ1) is 11.2. The quantitative estimate of drug-likeness (QED) is 0.808. The molecule has 84 valence electrons. The van der Waals surface area contributed by atoms with E-state index in [2.05, 4.69) is 34.0 Å². The Balaban J connectivity index is 2.49. The average Bonchev–Trinajstić information content (AvgIpc) is 2.77. The maximum absolute atomic E-state index is 5.33. The Morgan fingerprint density at radius 2 is 2.19 bits per heavy atom. The summed E-state index contributed by atoms with van der Waals surface area (Å²) in [7, 11) is 1.67. The topological polar surface area (TPSA) is 27.1 Å². The SMILES string of the molecule is COc1ccc(C)cc1-n1ccc(CBr)n1. The number of hydrogen-bond donors (Lipinski definition) is 0. The molecule has 1 aromatic carbocycles. The van der Waals surface area contributed by atoms with Crippen LogP contribution in [0.15, 0.2) is 30.5 Å². The molecule has 0 amide bonds. The summed E-state index contributed by atoms with van der Waals surface area (Å²) in [4.78, 5) is 0. The highest BCUT2D eigenvalue weighted by molar-refractivity contribution is 9.08. The Morgan fingerprint density at radius 1 is 1.38 bits per heavy atom. The Morgan fingerprint density at radius 3 is 2.81 bits per heavy atom. The second kappa shape index (κ2) is 4.70. The van der Waals surface area contributed by atoms with E-state index in [4.69, 9.17) is 4.74 Å². The largest absolute Gasteiger partial charge is 0.494 e. The van der Waals surface area contributed by atoms with Gasteiger partial charge in [0.2, 0.25) is 0 Å². The third-order valence-corrected chi connectivity index (χ3v) is 2.94. The van der Waals surface area contributed by atoms with Gasteiger partial charge in [-0.15, -0.1) is 0 Å². The van der Waals surface area contributed by atoms with Gasteiger partial charge < -0.3 is 4.74 Å². The van der Waals surface area contributed by atoms with E-state index in [0.717, 1.165) is 22.5 Å². The molecule has 0 unspecified atom stereocenters. The fraction of sp³-hybridized carbons (Fsp3) is 0.250. The highest BCUT2D eigenvalue weighted by Crippen LogP contribution is 2.23. The lowest BCUT2D eigenvalue weighted by Crippen LogP contribution is -1.99. The molecule has 2 rings (SSSR count). The molecule has 1 aromatic heterocycles. The predicted octanol–water partition coefficient (Wildman–Crippen LogP) is 3.08. The maximum atomic E-state index is 5.33. The molecule has 4 heteroatoms. The Bertz CT molecular complexity index is 494. The van der Waals surface area contributed by atoms with Gasteiger partial charge in [-0.3, -0.25) is 0 Å². The second-order valence-electron chi connectivity index (χ2n) is 3.56. The summed E-state index contributed by atoms with van der Waals surface area (Å²) in [6.45, 7) is 2.05. The van der Waals surface area contributed by atoms with Crippen LogP contribution in [0.4, 0.5) is 0 Å². The van der Waals surface area contributed by atoms with E-state index in [-0.39, 0.29) is 0 Å². The van der Waals surface area contributed by atoms with E-state index in [1.54, 1.807) is 7.11 Å². The molecule has 0 bridgehead atoms. The molecule has 0 aliphatic rings. The number of ether oxygens (including phenoxy) is 1. The first-order chi connectivity index (χ1) is 7.74. The molecule has 0 N–H and O–H groups in total. The number of benzene rings is 1. The van der Waals surface area contributed by atoms with Crippen LogP contribution >= 0.6 is 15.9 Å². The van der Waals surface area contributed by atoms with Crippen molar-refractivity contribution in [2.75, 3.05) is 7.11 Å². The molecule has 0 radical (unpaired) electrons.